The number of nitrogens with zero attached hydrogens (tertiary/aromatic N) is 1. The molecule has 0 unspecified atom stereocenters. The van der Waals surface area contributed by atoms with Crippen molar-refractivity contribution in [1.29, 1.82) is 0 Å². The molecule has 1 aromatic carbocycles. The van der Waals surface area contributed by atoms with Crippen molar-refractivity contribution in [3.63, 3.8) is 0 Å². The first-order valence-corrected chi connectivity index (χ1v) is 7.60. The van der Waals surface area contributed by atoms with Gasteiger partial charge in [0.05, 0.1) is 11.1 Å². The quantitative estimate of drug-likeness (QED) is 0.404. The van der Waals surface area contributed by atoms with Crippen LogP contribution in [0.25, 0.3) is 0 Å². The summed E-state index contributed by atoms with van der Waals surface area (Å²) >= 11 is 1.55. The van der Waals surface area contributed by atoms with Crippen LogP contribution in [0.1, 0.15) is 21.0 Å². The van der Waals surface area contributed by atoms with E-state index in [1.165, 1.54) is 6.26 Å². The van der Waals surface area contributed by atoms with Gasteiger partial charge in [0, 0.05) is 6.42 Å². The van der Waals surface area contributed by atoms with E-state index < -0.39 is 5.97 Å². The topological polar surface area (TPSA) is 51.8 Å². The van der Waals surface area contributed by atoms with Gasteiger partial charge in [0.25, 0.3) is 0 Å². The van der Waals surface area contributed by atoms with Crippen LogP contribution in [0.2, 0.25) is 0 Å². The van der Waals surface area contributed by atoms with Crippen LogP contribution in [0.4, 0.5) is 0 Å². The van der Waals surface area contributed by atoms with E-state index in [1.54, 1.807) is 23.5 Å². The van der Waals surface area contributed by atoms with Crippen molar-refractivity contribution in [3.8, 4) is 0 Å². The fourth-order valence-electron chi connectivity index (χ4n) is 1.93. The van der Waals surface area contributed by atoms with Crippen LogP contribution in [0, 0.1) is 0 Å². The minimum absolute atomic E-state index is 0.133. The molecule has 3 rings (SSSR count). The first-order valence-electron chi connectivity index (χ1n) is 6.72. The maximum absolute atomic E-state index is 11.8. The molecule has 0 radical (unpaired) electrons. The summed E-state index contributed by atoms with van der Waals surface area (Å²) in [7, 11) is 0. The van der Waals surface area contributed by atoms with Crippen molar-refractivity contribution in [2.24, 2.45) is 5.16 Å². The van der Waals surface area contributed by atoms with Gasteiger partial charge in [0.15, 0.2) is 0 Å². The third-order valence-electron chi connectivity index (χ3n) is 2.98. The second-order valence-electron chi connectivity index (χ2n) is 4.53. The lowest BCUT2D eigenvalue weighted by molar-refractivity contribution is 0.0479. The van der Waals surface area contributed by atoms with Gasteiger partial charge in [-0.1, -0.05) is 41.6 Å². The van der Waals surface area contributed by atoms with Crippen LogP contribution < -0.4 is 0 Å². The van der Waals surface area contributed by atoms with Crippen molar-refractivity contribution >= 4 is 23.0 Å². The van der Waals surface area contributed by atoms with E-state index in [2.05, 4.69) is 5.16 Å². The van der Waals surface area contributed by atoms with E-state index >= 15 is 0 Å². The Morgan fingerprint density at radius 3 is 2.64 bits per heavy atom. The van der Waals surface area contributed by atoms with Crippen LogP contribution in [0.5, 0.6) is 0 Å². The van der Waals surface area contributed by atoms with Crippen molar-refractivity contribution in [1.82, 2.24) is 0 Å². The summed E-state index contributed by atoms with van der Waals surface area (Å²) in [5, 5.41) is 6.00. The number of oxime groups is 1. The molecule has 110 valence electrons. The molecule has 0 saturated heterocycles. The van der Waals surface area contributed by atoms with Crippen LogP contribution in [0.15, 0.2) is 75.8 Å². The van der Waals surface area contributed by atoms with Crippen molar-refractivity contribution in [3.05, 3.63) is 82.4 Å². The minimum atomic E-state index is -0.605. The fraction of sp³-hybridized carbons (Fsp3) is 0.0588. The van der Waals surface area contributed by atoms with E-state index in [4.69, 9.17) is 9.25 Å². The smallest absolute Gasteiger partial charge is 0.400 e. The average molecular weight is 311 g/mol. The summed E-state index contributed by atoms with van der Waals surface area (Å²) in [6.45, 7) is 0. The summed E-state index contributed by atoms with van der Waals surface area (Å²) in [4.78, 5) is 17.8. The van der Waals surface area contributed by atoms with E-state index in [0.29, 0.717) is 12.1 Å². The molecule has 0 amide bonds. The number of benzene rings is 1. The lowest BCUT2D eigenvalue weighted by Gasteiger charge is -2.04. The summed E-state index contributed by atoms with van der Waals surface area (Å²) < 4.78 is 5.00. The molecular weight excluding hydrogens is 298 g/mol. The highest BCUT2D eigenvalue weighted by Crippen LogP contribution is 2.15. The Labute approximate surface area is 131 Å². The highest BCUT2D eigenvalue weighted by molar-refractivity contribution is 7.12. The summed E-state index contributed by atoms with van der Waals surface area (Å²) in [6.07, 6.45) is 2.01. The maximum Gasteiger partial charge on any atom is 0.400 e. The number of furan rings is 1. The molecule has 2 heterocycles. The van der Waals surface area contributed by atoms with Gasteiger partial charge in [-0.2, -0.15) is 0 Å². The second-order valence-corrected chi connectivity index (χ2v) is 5.48. The molecule has 0 saturated carbocycles. The molecule has 0 aliphatic rings. The zero-order valence-corrected chi connectivity index (χ0v) is 12.5. The number of thiophene rings is 1. The molecule has 5 heteroatoms. The van der Waals surface area contributed by atoms with E-state index in [-0.39, 0.29) is 5.76 Å². The summed E-state index contributed by atoms with van der Waals surface area (Å²) in [5.74, 6) is -0.471. The van der Waals surface area contributed by atoms with Crippen LogP contribution >= 0.6 is 11.3 Å². The van der Waals surface area contributed by atoms with Crippen LogP contribution in [0.3, 0.4) is 0 Å². The molecule has 2 aromatic heterocycles. The number of hydrogen-bond donors (Lipinski definition) is 0. The van der Waals surface area contributed by atoms with Gasteiger partial charge in [-0.25, -0.2) is 4.79 Å². The van der Waals surface area contributed by atoms with Crippen LogP contribution in [-0.2, 0) is 11.3 Å². The molecule has 4 nitrogen and oxygen atoms in total. The monoisotopic (exact) mass is 311 g/mol. The van der Waals surface area contributed by atoms with Gasteiger partial charge in [0.1, 0.15) is 5.71 Å². The zero-order valence-electron chi connectivity index (χ0n) is 11.6. The molecule has 3 aromatic rings. The Kier molecular flexibility index (Phi) is 4.46. The van der Waals surface area contributed by atoms with Crippen molar-refractivity contribution < 1.29 is 14.0 Å². The van der Waals surface area contributed by atoms with E-state index in [0.717, 1.165) is 10.4 Å². The van der Waals surface area contributed by atoms with Gasteiger partial charge in [-0.05, 0) is 29.1 Å². The Morgan fingerprint density at radius 2 is 1.95 bits per heavy atom. The summed E-state index contributed by atoms with van der Waals surface area (Å²) in [5.41, 5.74) is 1.81. The number of carbonyl (C=O) groups is 1. The molecule has 0 N–H and O–H groups in total. The highest BCUT2D eigenvalue weighted by atomic mass is 32.1. The molecule has 0 bridgehead atoms. The van der Waals surface area contributed by atoms with Gasteiger partial charge in [-0.3, -0.25) is 0 Å². The molecule has 0 aliphatic carbocycles. The second kappa shape index (κ2) is 6.87. The lowest BCUT2D eigenvalue weighted by Crippen LogP contribution is -2.07. The first-order chi connectivity index (χ1) is 10.8. The predicted octanol–water partition coefficient (Wildman–Crippen LogP) is 4.14. The lowest BCUT2D eigenvalue weighted by atomic mass is 10.1. The van der Waals surface area contributed by atoms with E-state index in [9.17, 15) is 4.79 Å². The third kappa shape index (κ3) is 3.51. The third-order valence-corrected chi connectivity index (χ3v) is 3.90. The molecule has 0 spiro atoms. The predicted molar refractivity (Wildman–Crippen MR) is 85.1 cm³/mol. The molecule has 0 fully saturated rings. The highest BCUT2D eigenvalue weighted by Gasteiger charge is 2.12. The summed E-state index contributed by atoms with van der Waals surface area (Å²) in [6, 6.07) is 17.0. The van der Waals surface area contributed by atoms with Gasteiger partial charge < -0.3 is 9.25 Å². The normalized spacial score (nSPS) is 11.4. The SMILES string of the molecule is O=C(O/N=C(\Cc1ccccc1)c1cccs1)c1ccco1. The Balaban J connectivity index is 1.79. The molecule has 22 heavy (non-hydrogen) atoms. The number of hydrogen-bond acceptors (Lipinski definition) is 5. The Hall–Kier alpha value is -2.66. The molecule has 0 atom stereocenters. The van der Waals surface area contributed by atoms with Gasteiger partial charge in [0.2, 0.25) is 5.76 Å². The zero-order chi connectivity index (χ0) is 15.2. The van der Waals surface area contributed by atoms with E-state index in [1.807, 2.05) is 47.8 Å². The van der Waals surface area contributed by atoms with Gasteiger partial charge in [-0.15, -0.1) is 11.3 Å². The van der Waals surface area contributed by atoms with Gasteiger partial charge >= 0.3 is 5.97 Å². The standard InChI is InChI=1S/C17H13NO3S/c19-17(15-8-4-10-20-15)21-18-14(16-9-5-11-22-16)12-13-6-2-1-3-7-13/h1-11H,12H2/b18-14+. The Bertz CT molecular complexity index is 747. The largest absolute Gasteiger partial charge is 0.457 e. The fourth-order valence-corrected chi connectivity index (χ4v) is 2.64. The average Bonchev–Trinajstić information content (AvgIpc) is 3.24. The maximum atomic E-state index is 11.8. The Morgan fingerprint density at radius 1 is 1.09 bits per heavy atom. The number of carbonyl (C=O) groups excluding carboxylic acids is 1. The molecular formula is C17H13NO3S. The minimum Gasteiger partial charge on any atom is -0.457 e. The number of rotatable bonds is 5. The van der Waals surface area contributed by atoms with Crippen molar-refractivity contribution in [2.45, 2.75) is 6.42 Å². The van der Waals surface area contributed by atoms with Crippen molar-refractivity contribution in [2.75, 3.05) is 0 Å². The van der Waals surface area contributed by atoms with Crippen LogP contribution in [-0.4, -0.2) is 11.7 Å². The molecule has 0 aliphatic heterocycles. The first kappa shape index (κ1) is 14.3.